The number of halogens is 8. The number of fused-ring (bicyclic) bond motifs is 6. The zero-order valence-electron chi connectivity index (χ0n) is 23.9. The largest absolute Gasteiger partial charge is 0.419 e. The minimum Gasteiger partial charge on any atom is -0.206 e. The zero-order chi connectivity index (χ0) is 34.1. The van der Waals surface area contributed by atoms with Gasteiger partial charge in [0.05, 0.1) is 21.6 Å². The fourth-order valence-electron chi connectivity index (χ4n) is 6.21. The maximum Gasteiger partial charge on any atom is 0.419 e. The summed E-state index contributed by atoms with van der Waals surface area (Å²) in [6.07, 6.45) is -8.05. The van der Waals surface area contributed by atoms with Crippen molar-refractivity contribution < 1.29 is 35.1 Å². The second-order valence-corrected chi connectivity index (χ2v) is 11.0. The van der Waals surface area contributed by atoms with Crippen LogP contribution in [0.15, 0.2) is 95.0 Å². The van der Waals surface area contributed by atoms with E-state index < -0.39 is 35.1 Å². The topological polar surface area (TPSA) is 52.9 Å². The number of rotatable bonds is 2. The first-order valence-electron chi connectivity index (χ1n) is 13.9. The van der Waals surface area contributed by atoms with E-state index in [1.165, 1.54) is 12.1 Å². The molecule has 7 aromatic carbocycles. The van der Waals surface area contributed by atoms with Gasteiger partial charge in [0.2, 0.25) is 6.19 Å². The first-order chi connectivity index (χ1) is 22.8. The summed E-state index contributed by atoms with van der Waals surface area (Å²) in [7, 11) is 0. The molecule has 0 bridgehead atoms. The Balaban J connectivity index is 1.48. The highest BCUT2D eigenvalue weighted by Gasteiger charge is 2.35. The highest BCUT2D eigenvalue weighted by Crippen LogP contribution is 2.39. The van der Waals surface area contributed by atoms with E-state index in [-0.39, 0.29) is 21.8 Å². The monoisotopic (exact) mass is 654 g/mol. The Kier molecular flexibility index (Phi) is 6.81. The fraction of sp³-hybridized carbons (Fsp3) is 0.0556. The van der Waals surface area contributed by atoms with Gasteiger partial charge in [-0.15, -0.1) is 4.95 Å². The van der Waals surface area contributed by atoms with Crippen LogP contribution >= 0.6 is 0 Å². The van der Waals surface area contributed by atoms with Crippen molar-refractivity contribution in [2.45, 2.75) is 12.4 Å². The van der Waals surface area contributed by atoms with E-state index in [1.54, 1.807) is 54.7 Å². The third kappa shape index (κ3) is 4.81. The van der Waals surface area contributed by atoms with E-state index in [0.717, 1.165) is 12.1 Å². The van der Waals surface area contributed by atoms with E-state index in [4.69, 9.17) is 6.57 Å². The van der Waals surface area contributed by atoms with Crippen molar-refractivity contribution in [3.8, 4) is 28.4 Å². The summed E-state index contributed by atoms with van der Waals surface area (Å²) in [5, 5.41) is 18.4. The van der Waals surface area contributed by atoms with Crippen molar-refractivity contribution in [2.75, 3.05) is 0 Å². The van der Waals surface area contributed by atoms with Crippen LogP contribution in [0.1, 0.15) is 11.1 Å². The Bertz CT molecular complexity index is 2510. The first kappa shape index (κ1) is 30.5. The fourth-order valence-corrected chi connectivity index (χ4v) is 6.21. The van der Waals surface area contributed by atoms with E-state index in [2.05, 4.69) is 15.0 Å². The second kappa shape index (κ2) is 10.7. The molecule has 48 heavy (non-hydrogen) atoms. The summed E-state index contributed by atoms with van der Waals surface area (Å²) in [5.41, 5.74) is -1.98. The number of nitrogens with zero attached hydrogens (tertiary/aromatic N) is 4. The van der Waals surface area contributed by atoms with Crippen LogP contribution in [-0.2, 0) is 12.4 Å². The van der Waals surface area contributed by atoms with Crippen LogP contribution in [0, 0.1) is 29.7 Å². The minimum atomic E-state index is -4.91. The average molecular weight is 655 g/mol. The number of nitriles is 1. The smallest absolute Gasteiger partial charge is 0.206 e. The zero-order valence-corrected chi connectivity index (χ0v) is 23.9. The number of hydrogen-bond acceptors (Lipinski definition) is 3. The Morgan fingerprint density at radius 3 is 1.35 bits per heavy atom. The summed E-state index contributed by atoms with van der Waals surface area (Å²) < 4.78 is 108. The van der Waals surface area contributed by atoms with Gasteiger partial charge in [-0.05, 0) is 92.3 Å². The normalized spacial score (nSPS) is 13.2. The molecule has 4 nitrogen and oxygen atoms in total. The summed E-state index contributed by atoms with van der Waals surface area (Å²) in [6.45, 7) is 7.44. The first-order valence-corrected chi connectivity index (χ1v) is 13.9. The molecule has 0 aliphatic rings. The second-order valence-electron chi connectivity index (χ2n) is 11.0. The van der Waals surface area contributed by atoms with Crippen molar-refractivity contribution >= 4 is 43.1 Å². The molecule has 0 heterocycles. The van der Waals surface area contributed by atoms with Crippen molar-refractivity contribution in [2.24, 2.45) is 10.1 Å². The van der Waals surface area contributed by atoms with Gasteiger partial charge in [0.1, 0.15) is 11.6 Å². The number of alkyl halides is 6. The van der Waals surface area contributed by atoms with Gasteiger partial charge in [-0.2, -0.15) is 43.2 Å². The van der Waals surface area contributed by atoms with Crippen LogP contribution in [0.25, 0.3) is 70.3 Å². The van der Waals surface area contributed by atoms with Crippen LogP contribution in [0.5, 0.6) is 0 Å². The molecule has 0 unspecified atom stereocenters. The average Bonchev–Trinajstić information content (AvgIpc) is 3.50. The molecule has 0 aromatic heterocycles. The van der Waals surface area contributed by atoms with Gasteiger partial charge < -0.3 is 0 Å². The Labute approximate surface area is 264 Å². The summed E-state index contributed by atoms with van der Waals surface area (Å²) in [5.74, 6) is -2.82. The molecular formula is C36H14F8N4. The molecule has 0 fully saturated rings. The molecular weight excluding hydrogens is 640 g/mol. The third-order valence-electron chi connectivity index (χ3n) is 8.32. The van der Waals surface area contributed by atoms with Crippen LogP contribution < -0.4 is 10.7 Å². The van der Waals surface area contributed by atoms with Crippen molar-refractivity contribution in [3.05, 3.63) is 130 Å². The number of benzene rings is 5. The van der Waals surface area contributed by atoms with E-state index >= 15 is 0 Å². The number of hydrogen-bond donors (Lipinski definition) is 0. The molecule has 0 spiro atoms. The van der Waals surface area contributed by atoms with Gasteiger partial charge in [0.25, 0.3) is 0 Å². The maximum atomic E-state index is 14.0. The molecule has 0 atom stereocenters. The highest BCUT2D eigenvalue weighted by molar-refractivity contribution is 6.21. The summed E-state index contributed by atoms with van der Waals surface area (Å²) in [6, 6.07) is 18.4. The highest BCUT2D eigenvalue weighted by atomic mass is 19.4. The lowest BCUT2D eigenvalue weighted by molar-refractivity contribution is -0.140. The van der Waals surface area contributed by atoms with Crippen molar-refractivity contribution in [3.63, 3.8) is 0 Å². The molecule has 0 radical (unpaired) electrons. The molecule has 234 valence electrons. The summed E-state index contributed by atoms with van der Waals surface area (Å²) in [4.78, 5) is 7.22. The lowest BCUT2D eigenvalue weighted by Crippen LogP contribution is -2.08. The lowest BCUT2D eigenvalue weighted by atomic mass is 10.00. The Morgan fingerprint density at radius 2 is 0.917 bits per heavy atom. The molecule has 0 saturated carbocycles. The molecule has 7 aromatic rings. The molecule has 0 aliphatic heterocycles. The van der Waals surface area contributed by atoms with Gasteiger partial charge in [0.15, 0.2) is 5.36 Å². The van der Waals surface area contributed by atoms with E-state index in [0.29, 0.717) is 66.3 Å². The standard InChI is InChI=1S/C36H14F8N4/c1-46-48-34-26-11-18(20-5-9-32(38)30(13-20)36(42,43)44)3-7-22(26)24-14-27-23(15-28(24)34)21-6-2-17(10-25(21)33(27)47-16-45)19-4-8-31(37)29(12-19)35(39,40)41/h2-15H. The lowest BCUT2D eigenvalue weighted by Gasteiger charge is -2.10. The molecule has 0 amide bonds. The van der Waals surface area contributed by atoms with Gasteiger partial charge in [-0.1, -0.05) is 36.4 Å². The van der Waals surface area contributed by atoms with Crippen LogP contribution in [0.2, 0.25) is 0 Å². The third-order valence-corrected chi connectivity index (χ3v) is 8.32. The SMILES string of the molecule is [C-]#[N+]N=c1c2cc(-c3ccc(F)c(C(F)(F)F)c3)ccc2c2cc3c(=NC#N)c4cc(-c5ccc(F)c(C(F)(F)F)c5)ccc4c3cc12. The molecule has 7 rings (SSSR count). The van der Waals surface area contributed by atoms with Gasteiger partial charge in [0, 0.05) is 21.5 Å². The molecule has 12 heteroatoms. The molecule has 0 aliphatic carbocycles. The van der Waals surface area contributed by atoms with Crippen molar-refractivity contribution in [1.29, 1.82) is 5.26 Å². The Morgan fingerprint density at radius 1 is 0.521 bits per heavy atom. The minimum absolute atomic E-state index is 0.0981. The van der Waals surface area contributed by atoms with Gasteiger partial charge in [-0.3, -0.25) is 0 Å². The molecule has 0 saturated heterocycles. The maximum absolute atomic E-state index is 14.0. The van der Waals surface area contributed by atoms with E-state index in [9.17, 15) is 40.4 Å². The quantitative estimate of drug-likeness (QED) is 0.0793. The van der Waals surface area contributed by atoms with Crippen LogP contribution in [0.3, 0.4) is 0 Å². The predicted octanol–water partition coefficient (Wildman–Crippen LogP) is 9.94. The van der Waals surface area contributed by atoms with Gasteiger partial charge in [-0.25, -0.2) is 8.78 Å². The molecule has 0 N–H and O–H groups in total. The van der Waals surface area contributed by atoms with Crippen LogP contribution in [-0.4, -0.2) is 0 Å². The Hall–Kier alpha value is -6.14. The van der Waals surface area contributed by atoms with Crippen molar-refractivity contribution in [1.82, 2.24) is 0 Å². The van der Waals surface area contributed by atoms with Crippen LogP contribution in [0.4, 0.5) is 35.1 Å². The van der Waals surface area contributed by atoms with E-state index in [1.807, 2.05) is 0 Å². The van der Waals surface area contributed by atoms with Gasteiger partial charge >= 0.3 is 12.4 Å². The predicted molar refractivity (Wildman–Crippen MR) is 163 cm³/mol. The summed E-state index contributed by atoms with van der Waals surface area (Å²) >= 11 is 0.